The second-order valence-electron chi connectivity index (χ2n) is 5.77. The van der Waals surface area contributed by atoms with Crippen LogP contribution in [0.2, 0.25) is 0 Å². The zero-order valence-electron chi connectivity index (χ0n) is 13.7. The van der Waals surface area contributed by atoms with Gasteiger partial charge in [-0.3, -0.25) is 9.89 Å². The summed E-state index contributed by atoms with van der Waals surface area (Å²) in [6, 6.07) is 8.03. The lowest BCUT2D eigenvalue weighted by Crippen LogP contribution is -2.49. The predicted octanol–water partition coefficient (Wildman–Crippen LogP) is 1.06. The molecule has 0 spiro atoms. The van der Waals surface area contributed by atoms with Gasteiger partial charge in [-0.1, -0.05) is 0 Å². The number of methoxy groups -OCH3 is 1. The Morgan fingerprint density at radius 3 is 2.50 bits per heavy atom. The maximum atomic E-state index is 5.96. The maximum absolute atomic E-state index is 5.96. The van der Waals surface area contributed by atoms with Crippen LogP contribution < -0.4 is 15.8 Å². The molecule has 1 aliphatic heterocycles. The lowest BCUT2D eigenvalue weighted by atomic mass is 10.2. The second-order valence-corrected chi connectivity index (χ2v) is 5.77. The first-order valence-electron chi connectivity index (χ1n) is 7.72. The van der Waals surface area contributed by atoms with Gasteiger partial charge in [-0.2, -0.15) is 0 Å². The largest absolute Gasteiger partial charge is 0.497 e. The van der Waals surface area contributed by atoms with E-state index < -0.39 is 0 Å². The van der Waals surface area contributed by atoms with Gasteiger partial charge in [0.25, 0.3) is 0 Å². The van der Waals surface area contributed by atoms with E-state index in [9.17, 15) is 0 Å². The zero-order chi connectivity index (χ0) is 15.9. The van der Waals surface area contributed by atoms with E-state index in [0.717, 1.165) is 37.6 Å². The maximum Gasteiger partial charge on any atom is 0.193 e. The topological polar surface area (TPSA) is 66.1 Å². The Hall–Kier alpha value is -1.79. The fraction of sp³-hybridized carbons (Fsp3) is 0.562. The fourth-order valence-electron chi connectivity index (χ4n) is 2.47. The van der Waals surface area contributed by atoms with Crippen LogP contribution in [0, 0.1) is 0 Å². The number of benzene rings is 1. The van der Waals surface area contributed by atoms with Gasteiger partial charge in [0.1, 0.15) is 5.75 Å². The lowest BCUT2D eigenvalue weighted by molar-refractivity contribution is 0.122. The first-order valence-corrected chi connectivity index (χ1v) is 7.72. The molecule has 6 nitrogen and oxygen atoms in total. The minimum absolute atomic E-state index is 0.407. The number of hydrogen-bond acceptors (Lipinski definition) is 4. The molecule has 1 aromatic carbocycles. The van der Waals surface area contributed by atoms with Crippen LogP contribution in [0.25, 0.3) is 0 Å². The summed E-state index contributed by atoms with van der Waals surface area (Å²) in [6.45, 7) is 7.34. The van der Waals surface area contributed by atoms with E-state index in [1.807, 2.05) is 24.3 Å². The SMILES string of the molecule is COc1ccc(NC(N)=NCC(C)N2CCN(C)CC2)cc1. The summed E-state index contributed by atoms with van der Waals surface area (Å²) in [5.41, 5.74) is 6.87. The number of nitrogens with two attached hydrogens (primary N) is 1. The Bertz CT molecular complexity index is 480. The third-order valence-corrected chi connectivity index (χ3v) is 4.05. The van der Waals surface area contributed by atoms with Crippen molar-refractivity contribution in [3.05, 3.63) is 24.3 Å². The van der Waals surface area contributed by atoms with Gasteiger partial charge >= 0.3 is 0 Å². The highest BCUT2D eigenvalue weighted by Crippen LogP contribution is 2.14. The molecule has 3 N–H and O–H groups in total. The molecule has 1 saturated heterocycles. The summed E-state index contributed by atoms with van der Waals surface area (Å²) in [7, 11) is 3.81. The van der Waals surface area contributed by atoms with Crippen molar-refractivity contribution in [1.82, 2.24) is 9.80 Å². The van der Waals surface area contributed by atoms with Crippen LogP contribution in [0.15, 0.2) is 29.3 Å². The van der Waals surface area contributed by atoms with Gasteiger partial charge in [0, 0.05) is 37.9 Å². The van der Waals surface area contributed by atoms with Crippen molar-refractivity contribution in [2.24, 2.45) is 10.7 Å². The molecule has 0 bridgehead atoms. The van der Waals surface area contributed by atoms with E-state index in [1.54, 1.807) is 7.11 Å². The fourth-order valence-corrected chi connectivity index (χ4v) is 2.47. The molecule has 1 aromatic rings. The molecule has 122 valence electrons. The number of anilines is 1. The molecular weight excluding hydrogens is 278 g/mol. The Labute approximate surface area is 132 Å². The van der Waals surface area contributed by atoms with Crippen LogP contribution in [0.3, 0.4) is 0 Å². The van der Waals surface area contributed by atoms with E-state index in [-0.39, 0.29) is 0 Å². The lowest BCUT2D eigenvalue weighted by Gasteiger charge is -2.35. The average molecular weight is 305 g/mol. The van der Waals surface area contributed by atoms with Crippen LogP contribution in [-0.4, -0.2) is 68.7 Å². The number of likely N-dealkylation sites (N-methyl/N-ethyl adjacent to an activating group) is 1. The molecule has 0 saturated carbocycles. The van der Waals surface area contributed by atoms with E-state index in [0.29, 0.717) is 18.5 Å². The molecule has 1 fully saturated rings. The molecule has 0 amide bonds. The van der Waals surface area contributed by atoms with Crippen LogP contribution in [-0.2, 0) is 0 Å². The predicted molar refractivity (Wildman–Crippen MR) is 91.6 cm³/mol. The van der Waals surface area contributed by atoms with E-state index >= 15 is 0 Å². The first kappa shape index (κ1) is 16.6. The molecule has 0 aromatic heterocycles. The number of rotatable bonds is 5. The number of nitrogens with one attached hydrogen (secondary N) is 1. The van der Waals surface area contributed by atoms with Gasteiger partial charge in [0.05, 0.1) is 13.7 Å². The standard InChI is InChI=1S/C16H27N5O/c1-13(21-10-8-20(2)9-11-21)12-18-16(17)19-14-4-6-15(22-3)7-5-14/h4-7,13H,8-12H2,1-3H3,(H3,17,18,19). The summed E-state index contributed by atoms with van der Waals surface area (Å²) in [5.74, 6) is 1.27. The summed E-state index contributed by atoms with van der Waals surface area (Å²) in [4.78, 5) is 9.27. The minimum Gasteiger partial charge on any atom is -0.497 e. The van der Waals surface area contributed by atoms with E-state index in [1.165, 1.54) is 0 Å². The number of nitrogens with zero attached hydrogens (tertiary/aromatic N) is 3. The molecule has 1 aliphatic rings. The number of aliphatic imine (C=N–C) groups is 1. The monoisotopic (exact) mass is 305 g/mol. The molecule has 6 heteroatoms. The minimum atomic E-state index is 0.407. The third kappa shape index (κ3) is 4.89. The van der Waals surface area contributed by atoms with Gasteiger partial charge in [-0.05, 0) is 38.2 Å². The van der Waals surface area contributed by atoms with Crippen LogP contribution >= 0.6 is 0 Å². The number of guanidine groups is 1. The average Bonchev–Trinajstić information content (AvgIpc) is 2.54. The van der Waals surface area contributed by atoms with Gasteiger partial charge in [0.2, 0.25) is 0 Å². The molecule has 1 unspecified atom stereocenters. The van der Waals surface area contributed by atoms with Crippen LogP contribution in [0.4, 0.5) is 5.69 Å². The Morgan fingerprint density at radius 1 is 1.27 bits per heavy atom. The molecular formula is C16H27N5O. The summed E-state index contributed by atoms with van der Waals surface area (Å²) < 4.78 is 5.13. The second kappa shape index (κ2) is 8.00. The molecule has 1 atom stereocenters. The Balaban J connectivity index is 1.81. The number of piperazine rings is 1. The number of hydrogen-bond donors (Lipinski definition) is 2. The van der Waals surface area contributed by atoms with Crippen LogP contribution in [0.1, 0.15) is 6.92 Å². The summed E-state index contributed by atoms with van der Waals surface area (Å²) in [5, 5.41) is 3.10. The third-order valence-electron chi connectivity index (χ3n) is 4.05. The van der Waals surface area contributed by atoms with Crippen molar-refractivity contribution >= 4 is 11.6 Å². The molecule has 0 radical (unpaired) electrons. The van der Waals surface area contributed by atoms with Crippen LogP contribution in [0.5, 0.6) is 5.75 Å². The smallest absolute Gasteiger partial charge is 0.193 e. The molecule has 2 rings (SSSR count). The highest BCUT2D eigenvalue weighted by Gasteiger charge is 2.18. The van der Waals surface area contributed by atoms with E-state index in [4.69, 9.17) is 10.5 Å². The van der Waals surface area contributed by atoms with Gasteiger partial charge in [-0.15, -0.1) is 0 Å². The Kier molecular flexibility index (Phi) is 6.03. The van der Waals surface area contributed by atoms with E-state index in [2.05, 4.69) is 34.1 Å². The molecule has 22 heavy (non-hydrogen) atoms. The first-order chi connectivity index (χ1) is 10.6. The highest BCUT2D eigenvalue weighted by atomic mass is 16.5. The molecule has 1 heterocycles. The quantitative estimate of drug-likeness (QED) is 0.629. The molecule has 0 aliphatic carbocycles. The van der Waals surface area contributed by atoms with Crippen molar-refractivity contribution in [2.75, 3.05) is 52.2 Å². The highest BCUT2D eigenvalue weighted by molar-refractivity contribution is 5.92. The zero-order valence-corrected chi connectivity index (χ0v) is 13.7. The van der Waals surface area contributed by atoms with Crippen molar-refractivity contribution in [3.8, 4) is 5.75 Å². The normalized spacial score (nSPS) is 19.0. The van der Waals surface area contributed by atoms with Gasteiger partial charge in [-0.25, -0.2) is 0 Å². The Morgan fingerprint density at radius 2 is 1.91 bits per heavy atom. The summed E-state index contributed by atoms with van der Waals surface area (Å²) >= 11 is 0. The summed E-state index contributed by atoms with van der Waals surface area (Å²) in [6.07, 6.45) is 0. The van der Waals surface area contributed by atoms with Crippen molar-refractivity contribution in [1.29, 1.82) is 0 Å². The van der Waals surface area contributed by atoms with Gasteiger partial charge < -0.3 is 20.7 Å². The van der Waals surface area contributed by atoms with Gasteiger partial charge in [0.15, 0.2) is 5.96 Å². The van der Waals surface area contributed by atoms with Crippen molar-refractivity contribution < 1.29 is 4.74 Å². The van der Waals surface area contributed by atoms with Crippen molar-refractivity contribution in [2.45, 2.75) is 13.0 Å². The van der Waals surface area contributed by atoms with Crippen molar-refractivity contribution in [3.63, 3.8) is 0 Å². The number of ether oxygens (including phenoxy) is 1.